The van der Waals surface area contributed by atoms with E-state index in [9.17, 15) is 14.7 Å². The van der Waals surface area contributed by atoms with Crippen LogP contribution in [0, 0.1) is 0 Å². The van der Waals surface area contributed by atoms with Crippen LogP contribution in [0.15, 0.2) is 65.6 Å². The molecule has 1 aliphatic heterocycles. The summed E-state index contributed by atoms with van der Waals surface area (Å²) in [6.07, 6.45) is 8.57. The van der Waals surface area contributed by atoms with Gasteiger partial charge >= 0.3 is 5.97 Å². The van der Waals surface area contributed by atoms with Gasteiger partial charge in [0.2, 0.25) is 0 Å². The molecule has 2 heterocycles. The highest BCUT2D eigenvalue weighted by molar-refractivity contribution is 7.15. The van der Waals surface area contributed by atoms with Crippen LogP contribution in [0.4, 0.5) is 10.7 Å². The fourth-order valence-corrected chi connectivity index (χ4v) is 5.65. The quantitative estimate of drug-likeness (QED) is 0.465. The van der Waals surface area contributed by atoms with Crippen molar-refractivity contribution in [2.75, 3.05) is 30.4 Å². The number of hydrogen-bond donors (Lipinski definition) is 2. The first-order valence-electron chi connectivity index (χ1n) is 11.4. The van der Waals surface area contributed by atoms with Crippen LogP contribution in [-0.2, 0) is 4.74 Å². The Balaban J connectivity index is 1.51. The molecule has 2 aliphatic rings. The summed E-state index contributed by atoms with van der Waals surface area (Å²) in [7, 11) is 1.70. The summed E-state index contributed by atoms with van der Waals surface area (Å²) in [5.74, 6) is -1.19. The van der Waals surface area contributed by atoms with Crippen LogP contribution < -0.4 is 10.2 Å². The Morgan fingerprint density at radius 2 is 2.12 bits per heavy atom. The first-order valence-corrected chi connectivity index (χ1v) is 12.3. The van der Waals surface area contributed by atoms with Crippen LogP contribution in [0.2, 0.25) is 0 Å². The first kappa shape index (κ1) is 24.0. The molecule has 1 aromatic carbocycles. The fraction of sp³-hybridized carbons (Fsp3) is 0.333. The summed E-state index contributed by atoms with van der Waals surface area (Å²) >= 11 is 1.28. The summed E-state index contributed by atoms with van der Waals surface area (Å²) in [5.41, 5.74) is 5.02. The molecule has 178 valence electrons. The summed E-state index contributed by atoms with van der Waals surface area (Å²) in [5, 5.41) is 15.1. The number of amides is 1. The number of carbonyl (C=O) groups excluding carboxylic acids is 1. The molecule has 0 radical (unpaired) electrons. The topological polar surface area (TPSA) is 78.9 Å². The Morgan fingerprint density at radius 1 is 1.32 bits per heavy atom. The van der Waals surface area contributed by atoms with Gasteiger partial charge in [0.15, 0.2) is 0 Å². The van der Waals surface area contributed by atoms with Crippen LogP contribution in [-0.4, -0.2) is 43.3 Å². The molecule has 7 heteroatoms. The van der Waals surface area contributed by atoms with Gasteiger partial charge in [0.25, 0.3) is 5.91 Å². The van der Waals surface area contributed by atoms with Crippen molar-refractivity contribution in [1.29, 1.82) is 0 Å². The lowest BCUT2D eigenvalue weighted by atomic mass is 9.80. The minimum Gasteiger partial charge on any atom is -0.478 e. The van der Waals surface area contributed by atoms with Crippen molar-refractivity contribution < 1.29 is 19.4 Å². The van der Waals surface area contributed by atoms with Gasteiger partial charge in [-0.05, 0) is 66.8 Å². The number of carboxylic acid groups (broad SMARTS) is 1. The average molecular weight is 479 g/mol. The summed E-state index contributed by atoms with van der Waals surface area (Å²) < 4.78 is 5.33. The normalized spacial score (nSPS) is 18.8. The predicted molar refractivity (Wildman–Crippen MR) is 137 cm³/mol. The molecular weight excluding hydrogens is 448 g/mol. The Labute approximate surface area is 204 Å². The lowest BCUT2D eigenvalue weighted by Crippen LogP contribution is -2.51. The third-order valence-electron chi connectivity index (χ3n) is 6.65. The third-order valence-corrected chi connectivity index (χ3v) is 7.57. The second-order valence-corrected chi connectivity index (χ2v) is 9.69. The Bertz CT molecular complexity index is 1160. The zero-order valence-corrected chi connectivity index (χ0v) is 20.4. The third kappa shape index (κ3) is 5.00. The maximum absolute atomic E-state index is 13.0. The molecule has 0 saturated carbocycles. The van der Waals surface area contributed by atoms with Gasteiger partial charge in [-0.15, -0.1) is 11.3 Å². The molecule has 34 heavy (non-hydrogen) atoms. The number of carbonyl (C=O) groups is 2. The number of benzene rings is 1. The molecule has 1 amide bonds. The van der Waals surface area contributed by atoms with Crippen molar-refractivity contribution in [1.82, 2.24) is 0 Å². The standard InChI is InChI=1S/C27H30N2O4S/c1-4-5-7-18-10-11-19(12-17(18)2)23-16-34-26(24(23)27(31)32)28-25(30)20-8-6-9-21(13-20)29-14-22(15-29)33-3/h4-9,13,16,19,22H,1,10-12,14-15H2,2-3H3,(H,28,30)(H,31,32)/b7-5-. The second-order valence-electron chi connectivity index (χ2n) is 8.81. The fourth-order valence-electron chi connectivity index (χ4n) is 4.62. The number of hydrogen-bond acceptors (Lipinski definition) is 5. The van der Waals surface area contributed by atoms with Gasteiger partial charge < -0.3 is 20.1 Å². The molecule has 1 unspecified atom stereocenters. The highest BCUT2D eigenvalue weighted by Crippen LogP contribution is 2.42. The molecule has 0 spiro atoms. The minimum atomic E-state index is -1.01. The number of methoxy groups -OCH3 is 1. The molecule has 4 rings (SSSR count). The van der Waals surface area contributed by atoms with Crippen molar-refractivity contribution in [3.05, 3.63) is 82.3 Å². The number of ether oxygens (including phenoxy) is 1. The maximum Gasteiger partial charge on any atom is 0.339 e. The van der Waals surface area contributed by atoms with E-state index in [1.165, 1.54) is 22.5 Å². The number of aromatic carboxylic acids is 1. The van der Waals surface area contributed by atoms with E-state index >= 15 is 0 Å². The maximum atomic E-state index is 13.0. The predicted octanol–water partition coefficient (Wildman–Crippen LogP) is 5.86. The van der Waals surface area contributed by atoms with Gasteiger partial charge in [0.1, 0.15) is 5.00 Å². The molecule has 2 aromatic rings. The average Bonchev–Trinajstić information content (AvgIpc) is 3.21. The lowest BCUT2D eigenvalue weighted by molar-refractivity contribution is 0.0696. The number of nitrogens with one attached hydrogen (secondary N) is 1. The summed E-state index contributed by atoms with van der Waals surface area (Å²) in [6.45, 7) is 7.41. The summed E-state index contributed by atoms with van der Waals surface area (Å²) in [4.78, 5) is 27.4. The highest BCUT2D eigenvalue weighted by atomic mass is 32.1. The van der Waals surface area contributed by atoms with E-state index in [2.05, 4.69) is 29.8 Å². The number of nitrogens with zero attached hydrogens (tertiary/aromatic N) is 1. The lowest BCUT2D eigenvalue weighted by Gasteiger charge is -2.40. The molecular formula is C27H30N2O4S. The van der Waals surface area contributed by atoms with Gasteiger partial charge in [0.05, 0.1) is 11.7 Å². The largest absolute Gasteiger partial charge is 0.478 e. The van der Waals surface area contributed by atoms with Crippen LogP contribution in [0.1, 0.15) is 58.4 Å². The van der Waals surface area contributed by atoms with E-state index < -0.39 is 5.97 Å². The first-order chi connectivity index (χ1) is 16.4. The minimum absolute atomic E-state index is 0.123. The van der Waals surface area contributed by atoms with Gasteiger partial charge in [-0.25, -0.2) is 4.79 Å². The molecule has 1 atom stereocenters. The highest BCUT2D eigenvalue weighted by Gasteiger charge is 2.29. The monoisotopic (exact) mass is 478 g/mol. The van der Waals surface area contributed by atoms with Crippen molar-refractivity contribution in [2.24, 2.45) is 0 Å². The zero-order valence-electron chi connectivity index (χ0n) is 19.5. The van der Waals surface area contributed by atoms with Gasteiger partial charge in [0, 0.05) is 31.5 Å². The van der Waals surface area contributed by atoms with Crippen molar-refractivity contribution >= 4 is 33.9 Å². The van der Waals surface area contributed by atoms with E-state index in [1.54, 1.807) is 19.3 Å². The molecule has 1 saturated heterocycles. The molecule has 2 N–H and O–H groups in total. The van der Waals surface area contributed by atoms with Crippen LogP contribution in [0.25, 0.3) is 0 Å². The SMILES string of the molecule is C=C/C=C\C1=C(C)CC(c2csc(NC(=O)c3cccc(N4CC(OC)C4)c3)c2C(=O)O)CC1. The Morgan fingerprint density at radius 3 is 2.79 bits per heavy atom. The van der Waals surface area contributed by atoms with Crippen molar-refractivity contribution in [3.63, 3.8) is 0 Å². The number of anilines is 2. The van der Waals surface area contributed by atoms with Crippen LogP contribution in [0.3, 0.4) is 0 Å². The number of rotatable bonds is 8. The summed E-state index contributed by atoms with van der Waals surface area (Å²) in [6, 6.07) is 7.39. The Hall–Kier alpha value is -3.16. The number of allylic oxidation sites excluding steroid dienone is 5. The molecule has 1 fully saturated rings. The smallest absolute Gasteiger partial charge is 0.339 e. The van der Waals surface area contributed by atoms with Crippen LogP contribution >= 0.6 is 11.3 Å². The number of carboxylic acids is 1. The Kier molecular flexibility index (Phi) is 7.34. The van der Waals surface area contributed by atoms with E-state index in [0.29, 0.717) is 10.6 Å². The van der Waals surface area contributed by atoms with Gasteiger partial charge in [-0.1, -0.05) is 36.4 Å². The van der Waals surface area contributed by atoms with Crippen molar-refractivity contribution in [3.8, 4) is 0 Å². The van der Waals surface area contributed by atoms with E-state index in [1.807, 2.05) is 29.7 Å². The van der Waals surface area contributed by atoms with Gasteiger partial charge in [-0.2, -0.15) is 0 Å². The zero-order chi connectivity index (χ0) is 24.2. The van der Waals surface area contributed by atoms with Crippen molar-refractivity contribution in [2.45, 2.75) is 38.2 Å². The van der Waals surface area contributed by atoms with E-state index in [-0.39, 0.29) is 23.5 Å². The second kappa shape index (κ2) is 10.4. The van der Waals surface area contributed by atoms with E-state index in [4.69, 9.17) is 4.74 Å². The molecule has 0 bridgehead atoms. The number of thiophene rings is 1. The van der Waals surface area contributed by atoms with Gasteiger partial charge in [-0.3, -0.25) is 4.79 Å². The molecule has 1 aliphatic carbocycles. The van der Waals surface area contributed by atoms with Crippen LogP contribution in [0.5, 0.6) is 0 Å². The van der Waals surface area contributed by atoms with E-state index in [0.717, 1.165) is 43.6 Å². The molecule has 6 nitrogen and oxygen atoms in total. The molecule has 1 aromatic heterocycles.